The Balaban J connectivity index is 1.69. The molecule has 0 radical (unpaired) electrons. The molecule has 108 valence electrons. The lowest BCUT2D eigenvalue weighted by molar-refractivity contribution is 0.0924. The zero-order chi connectivity index (χ0) is 14.7. The molecule has 2 aromatic rings. The van der Waals surface area contributed by atoms with E-state index >= 15 is 0 Å². The van der Waals surface area contributed by atoms with E-state index in [0.717, 1.165) is 17.9 Å². The van der Waals surface area contributed by atoms with Crippen LogP contribution in [0.25, 0.3) is 0 Å². The molecule has 1 unspecified atom stereocenters. The van der Waals surface area contributed by atoms with E-state index in [1.165, 1.54) is 0 Å². The van der Waals surface area contributed by atoms with Crippen LogP contribution in [0.2, 0.25) is 0 Å². The Morgan fingerprint density at radius 2 is 2.14 bits per heavy atom. The number of nitrogens with one attached hydrogen (secondary N) is 2. The fraction of sp³-hybridized carbons (Fsp3) is 0.267. The maximum Gasteiger partial charge on any atom is 0.272 e. The van der Waals surface area contributed by atoms with E-state index in [2.05, 4.69) is 20.8 Å². The molecule has 2 heterocycles. The number of ether oxygens (including phenoxy) is 1. The first kappa shape index (κ1) is 13.4. The van der Waals surface area contributed by atoms with Gasteiger partial charge in [0.15, 0.2) is 5.69 Å². The van der Waals surface area contributed by atoms with Crippen LogP contribution in [0.3, 0.4) is 0 Å². The summed E-state index contributed by atoms with van der Waals surface area (Å²) >= 11 is 0. The van der Waals surface area contributed by atoms with Crippen LogP contribution in [-0.2, 0) is 0 Å². The molecule has 21 heavy (non-hydrogen) atoms. The van der Waals surface area contributed by atoms with Crippen LogP contribution in [0, 0.1) is 0 Å². The van der Waals surface area contributed by atoms with Crippen molar-refractivity contribution in [2.45, 2.75) is 13.0 Å². The van der Waals surface area contributed by atoms with Crippen LogP contribution in [0.5, 0.6) is 5.75 Å². The molecule has 6 heteroatoms. The lowest BCUT2D eigenvalue weighted by Gasteiger charge is -2.11. The van der Waals surface area contributed by atoms with Gasteiger partial charge in [-0.25, -0.2) is 0 Å². The van der Waals surface area contributed by atoms with Crippen LogP contribution < -0.4 is 15.4 Å². The summed E-state index contributed by atoms with van der Waals surface area (Å²) in [5.74, 6) is 1.22. The van der Waals surface area contributed by atoms with Gasteiger partial charge in [0.1, 0.15) is 18.2 Å². The summed E-state index contributed by atoms with van der Waals surface area (Å²) < 4.78 is 5.54. The number of rotatable bonds is 4. The predicted octanol–water partition coefficient (Wildman–Crippen LogP) is 1.77. The van der Waals surface area contributed by atoms with Crippen LogP contribution in [-0.4, -0.2) is 29.3 Å². The maximum atomic E-state index is 12.2. The van der Waals surface area contributed by atoms with Crippen LogP contribution in [0.15, 0.2) is 36.4 Å². The summed E-state index contributed by atoms with van der Waals surface area (Å²) in [5, 5.41) is 13.8. The van der Waals surface area contributed by atoms with E-state index in [9.17, 15) is 4.79 Å². The van der Waals surface area contributed by atoms with Crippen molar-refractivity contribution in [3.05, 3.63) is 47.7 Å². The number of para-hydroxylation sites is 1. The summed E-state index contributed by atoms with van der Waals surface area (Å²) in [6.45, 7) is 3.17. The van der Waals surface area contributed by atoms with E-state index < -0.39 is 0 Å². The highest BCUT2D eigenvalue weighted by Gasteiger charge is 2.25. The molecule has 0 aliphatic carbocycles. The molecule has 0 fully saturated rings. The molecule has 0 saturated carbocycles. The van der Waals surface area contributed by atoms with Crippen molar-refractivity contribution in [2.24, 2.45) is 0 Å². The first-order valence-electron chi connectivity index (χ1n) is 6.88. The third kappa shape index (κ3) is 2.79. The van der Waals surface area contributed by atoms with Gasteiger partial charge >= 0.3 is 0 Å². The Morgan fingerprint density at radius 3 is 2.90 bits per heavy atom. The number of amides is 1. The zero-order valence-corrected chi connectivity index (χ0v) is 11.7. The number of carbonyl (C=O) groups excluding carboxylic acids is 1. The molecule has 1 aliphatic heterocycles. The summed E-state index contributed by atoms with van der Waals surface area (Å²) in [5.41, 5.74) is 1.28. The Hall–Kier alpha value is -2.63. The van der Waals surface area contributed by atoms with Gasteiger partial charge in [0, 0.05) is 12.1 Å². The normalized spacial score (nSPS) is 16.0. The van der Waals surface area contributed by atoms with Gasteiger partial charge in [0.25, 0.3) is 5.91 Å². The average Bonchev–Trinajstić information content (AvgIpc) is 2.92. The molecule has 0 spiro atoms. The SMILES string of the molecule is CCNc1ccc(C(=O)NC2COc3ccccc32)nn1. The van der Waals surface area contributed by atoms with Gasteiger partial charge in [-0.2, -0.15) is 0 Å². The molecule has 0 bridgehead atoms. The maximum absolute atomic E-state index is 12.2. The van der Waals surface area contributed by atoms with E-state index in [-0.39, 0.29) is 11.9 Å². The number of carbonyl (C=O) groups is 1. The molecule has 3 rings (SSSR count). The smallest absolute Gasteiger partial charge is 0.272 e. The number of nitrogens with zero attached hydrogens (tertiary/aromatic N) is 2. The Labute approximate surface area is 122 Å². The monoisotopic (exact) mass is 284 g/mol. The fourth-order valence-electron chi connectivity index (χ4n) is 2.24. The molecule has 1 aromatic carbocycles. The van der Waals surface area contributed by atoms with E-state index in [4.69, 9.17) is 4.74 Å². The highest BCUT2D eigenvalue weighted by Crippen LogP contribution is 2.31. The van der Waals surface area contributed by atoms with E-state index in [1.54, 1.807) is 12.1 Å². The van der Waals surface area contributed by atoms with E-state index in [0.29, 0.717) is 18.1 Å². The summed E-state index contributed by atoms with van der Waals surface area (Å²) in [6.07, 6.45) is 0. The number of hydrogen-bond acceptors (Lipinski definition) is 5. The van der Waals surface area contributed by atoms with Crippen molar-refractivity contribution in [3.8, 4) is 5.75 Å². The predicted molar refractivity (Wildman–Crippen MR) is 78.3 cm³/mol. The molecule has 0 saturated heterocycles. The van der Waals surface area contributed by atoms with Gasteiger partial charge in [0.05, 0.1) is 6.04 Å². The minimum atomic E-state index is -0.254. The van der Waals surface area contributed by atoms with Crippen molar-refractivity contribution in [1.29, 1.82) is 0 Å². The fourth-order valence-corrected chi connectivity index (χ4v) is 2.24. The third-order valence-electron chi connectivity index (χ3n) is 3.26. The van der Waals surface area contributed by atoms with Crippen molar-refractivity contribution in [2.75, 3.05) is 18.5 Å². The summed E-state index contributed by atoms with van der Waals surface area (Å²) in [4.78, 5) is 12.2. The Morgan fingerprint density at radius 1 is 1.29 bits per heavy atom. The van der Waals surface area contributed by atoms with Crippen LogP contribution in [0.1, 0.15) is 29.0 Å². The highest BCUT2D eigenvalue weighted by atomic mass is 16.5. The number of hydrogen-bond donors (Lipinski definition) is 2. The highest BCUT2D eigenvalue weighted by molar-refractivity contribution is 5.92. The van der Waals surface area contributed by atoms with Crippen molar-refractivity contribution in [3.63, 3.8) is 0 Å². The summed E-state index contributed by atoms with van der Waals surface area (Å²) in [6, 6.07) is 10.9. The topological polar surface area (TPSA) is 76.1 Å². The standard InChI is InChI=1S/C15H16N4O2/c1-2-16-14-8-7-11(18-19-14)15(20)17-12-9-21-13-6-4-3-5-10(12)13/h3-8,12H,2,9H2,1H3,(H,16,19)(H,17,20). The zero-order valence-electron chi connectivity index (χ0n) is 11.7. The molecular formula is C15H16N4O2. The lowest BCUT2D eigenvalue weighted by atomic mass is 10.1. The number of anilines is 1. The van der Waals surface area contributed by atoms with Crippen molar-refractivity contribution >= 4 is 11.7 Å². The molecule has 2 N–H and O–H groups in total. The van der Waals surface area contributed by atoms with Crippen molar-refractivity contribution < 1.29 is 9.53 Å². The lowest BCUT2D eigenvalue weighted by Crippen LogP contribution is -2.30. The van der Waals surface area contributed by atoms with Gasteiger partial charge in [-0.15, -0.1) is 10.2 Å². The van der Waals surface area contributed by atoms with Crippen LogP contribution >= 0.6 is 0 Å². The van der Waals surface area contributed by atoms with Gasteiger partial charge in [-0.05, 0) is 25.1 Å². The molecular weight excluding hydrogens is 268 g/mol. The molecule has 1 aliphatic rings. The van der Waals surface area contributed by atoms with Crippen molar-refractivity contribution in [1.82, 2.24) is 15.5 Å². The molecule has 1 amide bonds. The second-order valence-corrected chi connectivity index (χ2v) is 4.71. The third-order valence-corrected chi connectivity index (χ3v) is 3.26. The quantitative estimate of drug-likeness (QED) is 0.895. The summed E-state index contributed by atoms with van der Waals surface area (Å²) in [7, 11) is 0. The number of aromatic nitrogens is 2. The van der Waals surface area contributed by atoms with Gasteiger partial charge < -0.3 is 15.4 Å². The molecule has 6 nitrogen and oxygen atoms in total. The second-order valence-electron chi connectivity index (χ2n) is 4.71. The number of fused-ring (bicyclic) bond motifs is 1. The Bertz CT molecular complexity index is 642. The minimum Gasteiger partial charge on any atom is -0.491 e. The van der Waals surface area contributed by atoms with Gasteiger partial charge in [-0.3, -0.25) is 4.79 Å². The number of benzene rings is 1. The first-order valence-corrected chi connectivity index (χ1v) is 6.88. The first-order chi connectivity index (χ1) is 10.3. The average molecular weight is 284 g/mol. The van der Waals surface area contributed by atoms with Crippen LogP contribution in [0.4, 0.5) is 5.82 Å². The van der Waals surface area contributed by atoms with Gasteiger partial charge in [0.2, 0.25) is 0 Å². The van der Waals surface area contributed by atoms with E-state index in [1.807, 2.05) is 31.2 Å². The molecule has 1 aromatic heterocycles. The molecule has 1 atom stereocenters. The largest absolute Gasteiger partial charge is 0.491 e. The van der Waals surface area contributed by atoms with Gasteiger partial charge in [-0.1, -0.05) is 18.2 Å². The second kappa shape index (κ2) is 5.78. The minimum absolute atomic E-state index is 0.149. The Kier molecular flexibility index (Phi) is 3.68.